The Bertz CT molecular complexity index is 901. The molecule has 0 saturated carbocycles. The molecule has 0 bridgehead atoms. The molecule has 7 nitrogen and oxygen atoms in total. The van der Waals surface area contributed by atoms with Gasteiger partial charge in [-0.15, -0.1) is 0 Å². The number of para-hydroxylation sites is 1. The second-order valence-corrected chi connectivity index (χ2v) is 8.11. The van der Waals surface area contributed by atoms with Crippen LogP contribution in [0.15, 0.2) is 45.3 Å². The fourth-order valence-corrected chi connectivity index (χ4v) is 3.95. The number of rotatable bonds is 6. The molecule has 0 spiro atoms. The van der Waals surface area contributed by atoms with Crippen molar-refractivity contribution in [1.29, 1.82) is 0 Å². The van der Waals surface area contributed by atoms with Crippen LogP contribution < -0.4 is 25.6 Å². The highest BCUT2D eigenvalue weighted by Gasteiger charge is 2.11. The van der Waals surface area contributed by atoms with Crippen LogP contribution in [0.1, 0.15) is 11.1 Å². The van der Waals surface area contributed by atoms with Crippen LogP contribution in [-0.2, 0) is 9.59 Å². The lowest BCUT2D eigenvalue weighted by Gasteiger charge is -2.14. The molecule has 0 unspecified atom stereocenters. The third-order valence-electron chi connectivity index (χ3n) is 3.56. The number of hydrazine groups is 1. The molecule has 29 heavy (non-hydrogen) atoms. The number of halogens is 2. The van der Waals surface area contributed by atoms with Gasteiger partial charge in [0.1, 0.15) is 11.5 Å². The number of hydrogen-bond donors (Lipinski definition) is 3. The van der Waals surface area contributed by atoms with Gasteiger partial charge in [-0.25, -0.2) is 0 Å². The first-order valence-electron chi connectivity index (χ1n) is 8.42. The molecule has 0 saturated heterocycles. The summed E-state index contributed by atoms with van der Waals surface area (Å²) in [5.41, 5.74) is 6.58. The summed E-state index contributed by atoms with van der Waals surface area (Å²) < 4.78 is 12.6. The van der Waals surface area contributed by atoms with E-state index in [2.05, 4.69) is 48.0 Å². The van der Waals surface area contributed by atoms with Crippen molar-refractivity contribution in [2.75, 3.05) is 13.2 Å². The van der Waals surface area contributed by atoms with Crippen molar-refractivity contribution in [3.63, 3.8) is 0 Å². The molecule has 0 aliphatic rings. The standard InChI is InChI=1S/C19H19Br2N3O4S/c1-11-5-3-4-6-15(11)27-10-17(26)23-24-19(29)22-16(25)9-28-18-12(2)7-13(20)8-14(18)21/h3-8H,9-10H2,1-2H3,(H,23,26)(H2,22,24,25,29). The number of ether oxygens (including phenoxy) is 2. The Hall–Kier alpha value is -2.17. The summed E-state index contributed by atoms with van der Waals surface area (Å²) in [7, 11) is 0. The van der Waals surface area contributed by atoms with Crippen LogP contribution in [0.4, 0.5) is 0 Å². The predicted octanol–water partition coefficient (Wildman–Crippen LogP) is 3.31. The average Bonchev–Trinajstić information content (AvgIpc) is 2.64. The Kier molecular flexibility index (Phi) is 8.87. The van der Waals surface area contributed by atoms with Gasteiger partial charge in [-0.1, -0.05) is 34.1 Å². The van der Waals surface area contributed by atoms with E-state index < -0.39 is 11.8 Å². The van der Waals surface area contributed by atoms with Crippen LogP contribution in [0.5, 0.6) is 11.5 Å². The lowest BCUT2D eigenvalue weighted by Crippen LogP contribution is -2.50. The lowest BCUT2D eigenvalue weighted by molar-refractivity contribution is -0.124. The third kappa shape index (κ3) is 7.64. The smallest absolute Gasteiger partial charge is 0.276 e. The minimum atomic E-state index is -0.470. The molecular formula is C19H19Br2N3O4S. The van der Waals surface area contributed by atoms with E-state index in [1.807, 2.05) is 44.2 Å². The summed E-state index contributed by atoms with van der Waals surface area (Å²) in [6.45, 7) is 3.30. The number of carbonyl (C=O) groups is 2. The van der Waals surface area contributed by atoms with E-state index in [1.165, 1.54) is 0 Å². The highest BCUT2D eigenvalue weighted by molar-refractivity contribution is 9.11. The highest BCUT2D eigenvalue weighted by atomic mass is 79.9. The number of benzene rings is 2. The molecule has 0 fully saturated rings. The van der Waals surface area contributed by atoms with Crippen molar-refractivity contribution >= 4 is 61.0 Å². The van der Waals surface area contributed by atoms with Crippen LogP contribution in [0.3, 0.4) is 0 Å². The number of aryl methyl sites for hydroxylation is 2. The van der Waals surface area contributed by atoms with Crippen LogP contribution in [0, 0.1) is 13.8 Å². The van der Waals surface area contributed by atoms with Gasteiger partial charge in [0.15, 0.2) is 18.3 Å². The quantitative estimate of drug-likeness (QED) is 0.382. The van der Waals surface area contributed by atoms with Gasteiger partial charge in [-0.3, -0.25) is 25.8 Å². The molecular weight excluding hydrogens is 526 g/mol. The molecule has 0 aromatic heterocycles. The summed E-state index contributed by atoms with van der Waals surface area (Å²) in [6.07, 6.45) is 0. The van der Waals surface area contributed by atoms with Gasteiger partial charge in [0, 0.05) is 4.47 Å². The predicted molar refractivity (Wildman–Crippen MR) is 121 cm³/mol. The Morgan fingerprint density at radius 3 is 2.34 bits per heavy atom. The first-order valence-corrected chi connectivity index (χ1v) is 10.4. The van der Waals surface area contributed by atoms with Crippen LogP contribution >= 0.6 is 44.1 Å². The Balaban J connectivity index is 1.71. The summed E-state index contributed by atoms with van der Waals surface area (Å²) in [4.78, 5) is 23.8. The zero-order valence-electron chi connectivity index (χ0n) is 15.7. The SMILES string of the molecule is Cc1ccccc1OCC(=O)NNC(=S)NC(=O)COc1c(C)cc(Br)cc1Br. The summed E-state index contributed by atoms with van der Waals surface area (Å²) in [5.74, 6) is 0.256. The Morgan fingerprint density at radius 1 is 0.966 bits per heavy atom. The maximum Gasteiger partial charge on any atom is 0.276 e. The molecule has 10 heteroatoms. The van der Waals surface area contributed by atoms with Crippen molar-refractivity contribution < 1.29 is 19.1 Å². The molecule has 0 aliphatic carbocycles. The average molecular weight is 545 g/mol. The molecule has 3 N–H and O–H groups in total. The molecule has 154 valence electrons. The van der Waals surface area contributed by atoms with Gasteiger partial charge in [-0.05, 0) is 71.3 Å². The molecule has 0 heterocycles. The van der Waals surface area contributed by atoms with Gasteiger partial charge in [0.2, 0.25) is 0 Å². The van der Waals surface area contributed by atoms with Crippen LogP contribution in [0.2, 0.25) is 0 Å². The topological polar surface area (TPSA) is 88.7 Å². The van der Waals surface area contributed by atoms with Crippen molar-refractivity contribution in [3.8, 4) is 11.5 Å². The van der Waals surface area contributed by atoms with Crippen molar-refractivity contribution in [2.45, 2.75) is 13.8 Å². The van der Waals surface area contributed by atoms with E-state index in [-0.39, 0.29) is 18.3 Å². The third-order valence-corrected chi connectivity index (χ3v) is 4.81. The monoisotopic (exact) mass is 543 g/mol. The molecule has 0 aliphatic heterocycles. The fraction of sp³-hybridized carbons (Fsp3) is 0.211. The zero-order chi connectivity index (χ0) is 21.4. The van der Waals surface area contributed by atoms with Crippen LogP contribution in [-0.4, -0.2) is 30.1 Å². The maximum atomic E-state index is 12.0. The second kappa shape index (κ2) is 11.1. The number of amides is 2. The van der Waals surface area contributed by atoms with Gasteiger partial charge < -0.3 is 9.47 Å². The fourth-order valence-electron chi connectivity index (χ4n) is 2.23. The summed E-state index contributed by atoms with van der Waals surface area (Å²) in [5, 5.41) is 2.35. The summed E-state index contributed by atoms with van der Waals surface area (Å²) >= 11 is 11.8. The van der Waals surface area contributed by atoms with E-state index in [4.69, 9.17) is 21.7 Å². The maximum absolute atomic E-state index is 12.0. The van der Waals surface area contributed by atoms with Gasteiger partial charge in [-0.2, -0.15) is 0 Å². The number of carbonyl (C=O) groups excluding carboxylic acids is 2. The van der Waals surface area contributed by atoms with Gasteiger partial charge >= 0.3 is 0 Å². The van der Waals surface area contributed by atoms with Crippen molar-refractivity contribution in [2.24, 2.45) is 0 Å². The molecule has 0 atom stereocenters. The molecule has 2 amide bonds. The minimum Gasteiger partial charge on any atom is -0.483 e. The van der Waals surface area contributed by atoms with Crippen LogP contribution in [0.25, 0.3) is 0 Å². The Morgan fingerprint density at radius 2 is 1.66 bits per heavy atom. The van der Waals surface area contributed by atoms with E-state index in [0.717, 1.165) is 20.1 Å². The van der Waals surface area contributed by atoms with E-state index >= 15 is 0 Å². The van der Waals surface area contributed by atoms with E-state index in [9.17, 15) is 9.59 Å². The second-order valence-electron chi connectivity index (χ2n) is 5.93. The van der Waals surface area contributed by atoms with E-state index in [1.54, 1.807) is 6.07 Å². The first kappa shape index (κ1) is 23.1. The highest BCUT2D eigenvalue weighted by Crippen LogP contribution is 2.32. The molecule has 2 aromatic rings. The molecule has 2 aromatic carbocycles. The van der Waals surface area contributed by atoms with Gasteiger partial charge in [0.25, 0.3) is 11.8 Å². The normalized spacial score (nSPS) is 10.1. The minimum absolute atomic E-state index is 0.0607. The number of nitrogens with one attached hydrogen (secondary N) is 3. The molecule has 2 rings (SSSR count). The van der Waals surface area contributed by atoms with E-state index in [0.29, 0.717) is 11.5 Å². The largest absolute Gasteiger partial charge is 0.483 e. The first-order chi connectivity index (χ1) is 13.8. The van der Waals surface area contributed by atoms with Crippen molar-refractivity contribution in [3.05, 3.63) is 56.5 Å². The number of hydrogen-bond acceptors (Lipinski definition) is 5. The Labute approximate surface area is 190 Å². The van der Waals surface area contributed by atoms with Gasteiger partial charge in [0.05, 0.1) is 4.47 Å². The molecule has 0 radical (unpaired) electrons. The lowest BCUT2D eigenvalue weighted by atomic mass is 10.2. The number of thiocarbonyl (C=S) groups is 1. The zero-order valence-corrected chi connectivity index (χ0v) is 19.7. The van der Waals surface area contributed by atoms with Crippen molar-refractivity contribution in [1.82, 2.24) is 16.2 Å². The summed E-state index contributed by atoms with van der Waals surface area (Å²) in [6, 6.07) is 11.0.